The van der Waals surface area contributed by atoms with Crippen LogP contribution in [0.2, 0.25) is 0 Å². The van der Waals surface area contributed by atoms with E-state index < -0.39 is 27.5 Å². The lowest BCUT2D eigenvalue weighted by Gasteiger charge is -2.30. The normalized spacial score (nSPS) is 14.8. The molecule has 2 aromatic carbocycles. The maximum absolute atomic E-state index is 13.2. The minimum atomic E-state index is -4.68. The molecule has 1 aliphatic heterocycles. The summed E-state index contributed by atoms with van der Waals surface area (Å²) in [4.78, 5) is 1.83. The summed E-state index contributed by atoms with van der Waals surface area (Å²) in [5, 5.41) is 3.20. The van der Waals surface area contributed by atoms with Crippen LogP contribution in [-0.2, 0) is 16.2 Å². The summed E-state index contributed by atoms with van der Waals surface area (Å²) in [6, 6.07) is 8.69. The molecule has 3 rings (SSSR count). The first-order chi connectivity index (χ1) is 13.2. The summed E-state index contributed by atoms with van der Waals surface area (Å²) in [5.41, 5.74) is -0.986. The number of para-hydroxylation sites is 1. The summed E-state index contributed by atoms with van der Waals surface area (Å²) in [6.45, 7) is 2.78. The predicted molar refractivity (Wildman–Crippen MR) is 108 cm³/mol. The van der Waals surface area contributed by atoms with Gasteiger partial charge < -0.3 is 15.0 Å². The first-order valence-electron chi connectivity index (χ1n) is 8.55. The van der Waals surface area contributed by atoms with Gasteiger partial charge in [-0.25, -0.2) is 8.42 Å². The smallest absolute Gasteiger partial charge is 0.418 e. The minimum Gasteiger partial charge on any atom is -0.495 e. The molecule has 11 heteroatoms. The van der Waals surface area contributed by atoms with E-state index in [1.807, 2.05) is 4.90 Å². The van der Waals surface area contributed by atoms with Crippen molar-refractivity contribution in [3.63, 3.8) is 0 Å². The van der Waals surface area contributed by atoms with Gasteiger partial charge in [-0.15, -0.1) is 12.4 Å². The molecule has 0 saturated carbocycles. The molecule has 6 nitrogen and oxygen atoms in total. The molecule has 1 fully saturated rings. The van der Waals surface area contributed by atoms with E-state index in [9.17, 15) is 21.6 Å². The number of alkyl halides is 3. The third-order valence-electron chi connectivity index (χ3n) is 4.40. The largest absolute Gasteiger partial charge is 0.495 e. The molecule has 0 aromatic heterocycles. The molecular weight excluding hydrogens is 431 g/mol. The summed E-state index contributed by atoms with van der Waals surface area (Å²) >= 11 is 0. The maximum Gasteiger partial charge on any atom is 0.418 e. The van der Waals surface area contributed by atoms with E-state index in [2.05, 4.69) is 10.0 Å². The van der Waals surface area contributed by atoms with Gasteiger partial charge in [0.15, 0.2) is 0 Å². The minimum absolute atomic E-state index is 0. The SMILES string of the molecule is COc1ccc(S(=O)(=O)Nc2ccccc2C(F)(F)F)cc1N1CCNCC1.Cl. The molecule has 0 unspecified atom stereocenters. The number of halogens is 4. The van der Waals surface area contributed by atoms with Crippen LogP contribution in [0.3, 0.4) is 0 Å². The lowest BCUT2D eigenvalue weighted by atomic mass is 10.2. The number of nitrogens with zero attached hydrogens (tertiary/aromatic N) is 1. The maximum atomic E-state index is 13.2. The molecule has 2 aromatic rings. The van der Waals surface area contributed by atoms with Gasteiger partial charge in [0.05, 0.1) is 28.9 Å². The van der Waals surface area contributed by atoms with Crippen molar-refractivity contribution in [1.82, 2.24) is 5.32 Å². The van der Waals surface area contributed by atoms with Crippen LogP contribution in [0.25, 0.3) is 0 Å². The Morgan fingerprint density at radius 1 is 1.10 bits per heavy atom. The van der Waals surface area contributed by atoms with Gasteiger partial charge in [-0.3, -0.25) is 4.72 Å². The molecule has 2 N–H and O–H groups in total. The Bertz CT molecular complexity index is 949. The Morgan fingerprint density at radius 2 is 1.76 bits per heavy atom. The molecule has 29 heavy (non-hydrogen) atoms. The Morgan fingerprint density at radius 3 is 2.38 bits per heavy atom. The van der Waals surface area contributed by atoms with E-state index in [0.29, 0.717) is 24.5 Å². The number of rotatable bonds is 5. The number of hydrogen-bond donors (Lipinski definition) is 2. The van der Waals surface area contributed by atoms with Gasteiger partial charge in [0, 0.05) is 26.2 Å². The summed E-state index contributed by atoms with van der Waals surface area (Å²) < 4.78 is 72.4. The third-order valence-corrected chi connectivity index (χ3v) is 5.76. The second-order valence-corrected chi connectivity index (χ2v) is 7.90. The van der Waals surface area contributed by atoms with E-state index in [4.69, 9.17) is 4.74 Å². The lowest BCUT2D eigenvalue weighted by molar-refractivity contribution is -0.136. The number of ether oxygens (including phenoxy) is 1. The number of anilines is 2. The van der Waals surface area contributed by atoms with E-state index >= 15 is 0 Å². The van der Waals surface area contributed by atoms with Crippen LogP contribution in [0.4, 0.5) is 24.5 Å². The van der Waals surface area contributed by atoms with Gasteiger partial charge >= 0.3 is 6.18 Å². The van der Waals surface area contributed by atoms with E-state index in [-0.39, 0.29) is 17.3 Å². The monoisotopic (exact) mass is 451 g/mol. The quantitative estimate of drug-likeness (QED) is 0.729. The van der Waals surface area contributed by atoms with Crippen molar-refractivity contribution in [2.24, 2.45) is 0 Å². The van der Waals surface area contributed by atoms with E-state index in [1.54, 1.807) is 0 Å². The fourth-order valence-electron chi connectivity index (χ4n) is 3.01. The Balaban J connectivity index is 0.00000300. The fourth-order valence-corrected chi connectivity index (χ4v) is 4.11. The van der Waals surface area contributed by atoms with Crippen LogP contribution in [-0.4, -0.2) is 41.7 Å². The fraction of sp³-hybridized carbons (Fsp3) is 0.333. The van der Waals surface area contributed by atoms with Gasteiger partial charge in [-0.05, 0) is 30.3 Å². The highest BCUT2D eigenvalue weighted by molar-refractivity contribution is 7.92. The molecular formula is C18H21ClF3N3O3S. The van der Waals surface area contributed by atoms with Gasteiger partial charge in [-0.2, -0.15) is 13.2 Å². The second kappa shape index (κ2) is 9.10. The average Bonchev–Trinajstić information content (AvgIpc) is 2.67. The standard InChI is InChI=1S/C18H20F3N3O3S.ClH/c1-27-17-7-6-13(12-16(17)24-10-8-22-9-11-24)28(25,26)23-15-5-3-2-4-14(15)18(19,20)21;/h2-7,12,22-23H,8-11H2,1H3;1H. The molecule has 0 bridgehead atoms. The summed E-state index contributed by atoms with van der Waals surface area (Å²) in [6.07, 6.45) is -4.68. The summed E-state index contributed by atoms with van der Waals surface area (Å²) in [5.74, 6) is 0.497. The molecule has 0 spiro atoms. The summed E-state index contributed by atoms with van der Waals surface area (Å²) in [7, 11) is -2.75. The van der Waals surface area contributed by atoms with Crippen LogP contribution in [0.5, 0.6) is 5.75 Å². The van der Waals surface area contributed by atoms with E-state index in [0.717, 1.165) is 25.2 Å². The average molecular weight is 452 g/mol. The Kier molecular flexibility index (Phi) is 7.25. The first-order valence-corrected chi connectivity index (χ1v) is 10.0. The highest BCUT2D eigenvalue weighted by atomic mass is 35.5. The number of benzene rings is 2. The Hall–Kier alpha value is -2.17. The number of sulfonamides is 1. The van der Waals surface area contributed by atoms with Crippen molar-refractivity contribution in [2.75, 3.05) is 42.9 Å². The zero-order chi connectivity index (χ0) is 20.4. The predicted octanol–water partition coefficient (Wildman–Crippen LogP) is 3.35. The van der Waals surface area contributed by atoms with Crippen LogP contribution >= 0.6 is 12.4 Å². The number of nitrogens with one attached hydrogen (secondary N) is 2. The number of methoxy groups -OCH3 is 1. The molecule has 1 saturated heterocycles. The topological polar surface area (TPSA) is 70.7 Å². The van der Waals surface area contributed by atoms with Gasteiger partial charge in [0.25, 0.3) is 10.0 Å². The van der Waals surface area contributed by atoms with Crippen molar-refractivity contribution >= 4 is 33.8 Å². The third kappa shape index (κ3) is 5.26. The van der Waals surface area contributed by atoms with Crippen LogP contribution in [0, 0.1) is 0 Å². The van der Waals surface area contributed by atoms with Crippen molar-refractivity contribution in [3.05, 3.63) is 48.0 Å². The van der Waals surface area contributed by atoms with Crippen molar-refractivity contribution in [3.8, 4) is 5.75 Å². The van der Waals surface area contributed by atoms with Crippen LogP contribution in [0.15, 0.2) is 47.4 Å². The number of hydrogen-bond acceptors (Lipinski definition) is 5. The number of piperazine rings is 1. The molecule has 0 aliphatic carbocycles. The van der Waals surface area contributed by atoms with Crippen molar-refractivity contribution < 1.29 is 26.3 Å². The van der Waals surface area contributed by atoms with Crippen LogP contribution < -0.4 is 19.7 Å². The molecule has 1 aliphatic rings. The molecule has 0 radical (unpaired) electrons. The first kappa shape index (κ1) is 23.1. The molecule has 1 heterocycles. The zero-order valence-corrected chi connectivity index (χ0v) is 17.1. The van der Waals surface area contributed by atoms with Crippen LogP contribution in [0.1, 0.15) is 5.56 Å². The highest BCUT2D eigenvalue weighted by Gasteiger charge is 2.34. The highest BCUT2D eigenvalue weighted by Crippen LogP contribution is 2.36. The molecule has 0 amide bonds. The molecule has 160 valence electrons. The van der Waals surface area contributed by atoms with Gasteiger partial charge in [0.2, 0.25) is 0 Å². The van der Waals surface area contributed by atoms with Gasteiger partial charge in [0.1, 0.15) is 5.75 Å². The lowest BCUT2D eigenvalue weighted by Crippen LogP contribution is -2.43. The Labute approximate surface area is 173 Å². The van der Waals surface area contributed by atoms with Gasteiger partial charge in [-0.1, -0.05) is 12.1 Å². The molecule has 0 atom stereocenters. The zero-order valence-electron chi connectivity index (χ0n) is 15.5. The second-order valence-electron chi connectivity index (χ2n) is 6.22. The van der Waals surface area contributed by atoms with E-state index in [1.165, 1.54) is 37.4 Å². The van der Waals surface area contributed by atoms with Crippen molar-refractivity contribution in [2.45, 2.75) is 11.1 Å². The van der Waals surface area contributed by atoms with Crippen molar-refractivity contribution in [1.29, 1.82) is 0 Å².